The highest BCUT2D eigenvalue weighted by molar-refractivity contribution is 5.78. The minimum absolute atomic E-state index is 0.0337. The average molecular weight is 765 g/mol. The molecule has 0 aromatic carbocycles. The lowest BCUT2D eigenvalue weighted by Crippen LogP contribution is -2.49. The molecule has 0 fully saturated rings. The van der Waals surface area contributed by atoms with Gasteiger partial charge in [-0.1, -0.05) is 152 Å². The fraction of sp³-hybridized carbons (Fsp3) is 0.936. The summed E-state index contributed by atoms with van der Waals surface area (Å²) in [6, 6.07) is 0. The minimum atomic E-state index is -0.168. The van der Waals surface area contributed by atoms with Crippen molar-refractivity contribution in [2.24, 2.45) is 35.5 Å². The van der Waals surface area contributed by atoms with Crippen LogP contribution in [-0.2, 0) is 23.9 Å². The Labute approximate surface area is 336 Å². The van der Waals surface area contributed by atoms with Crippen LogP contribution in [0.25, 0.3) is 0 Å². The van der Waals surface area contributed by atoms with Crippen LogP contribution in [0, 0.1) is 35.5 Å². The van der Waals surface area contributed by atoms with Crippen molar-refractivity contribution in [3.63, 3.8) is 0 Å². The molecule has 2 atom stereocenters. The van der Waals surface area contributed by atoms with Crippen LogP contribution >= 0.6 is 0 Å². The summed E-state index contributed by atoms with van der Waals surface area (Å²) in [4.78, 5) is 39.6. The first-order valence-corrected chi connectivity index (χ1v) is 22.9. The second-order valence-corrected chi connectivity index (χ2v) is 18.7. The zero-order chi connectivity index (χ0) is 40.8. The fourth-order valence-electron chi connectivity index (χ4n) is 7.18. The predicted molar refractivity (Wildman–Crippen MR) is 230 cm³/mol. The van der Waals surface area contributed by atoms with E-state index in [2.05, 4.69) is 79.5 Å². The van der Waals surface area contributed by atoms with Crippen LogP contribution in [-0.4, -0.2) is 61.6 Å². The highest BCUT2D eigenvalue weighted by Crippen LogP contribution is 2.25. The van der Waals surface area contributed by atoms with Crippen molar-refractivity contribution in [2.45, 2.75) is 216 Å². The first-order valence-electron chi connectivity index (χ1n) is 22.9. The summed E-state index contributed by atoms with van der Waals surface area (Å²) in [5.41, 5.74) is -0.168. The van der Waals surface area contributed by atoms with E-state index in [1.807, 2.05) is 7.05 Å². The lowest BCUT2D eigenvalue weighted by Gasteiger charge is -2.32. The Balaban J connectivity index is 4.32. The number of nitrogens with one attached hydrogen (secondary N) is 1. The first-order chi connectivity index (χ1) is 25.6. The zero-order valence-corrected chi connectivity index (χ0v) is 37.8. The lowest BCUT2D eigenvalue weighted by atomic mass is 9.87. The summed E-state index contributed by atoms with van der Waals surface area (Å²) in [6.45, 7) is 24.7. The van der Waals surface area contributed by atoms with Gasteiger partial charge in [-0.05, 0) is 94.5 Å². The third-order valence-electron chi connectivity index (χ3n) is 11.6. The number of ether oxygens (including phenoxy) is 2. The second kappa shape index (κ2) is 32.5. The van der Waals surface area contributed by atoms with Gasteiger partial charge in [-0.25, -0.2) is 0 Å². The SMILES string of the molecule is CCN(C)CC(=O)NC(C)(CCCCCCCCCC(=O)OCC(CCC(C)C)C(C)C)CCCCCCCCCC(=O)OCC(CCC(C)C)C(C)C. The molecule has 0 aromatic rings. The molecule has 0 aliphatic heterocycles. The van der Waals surface area contributed by atoms with Crippen molar-refractivity contribution in [3.05, 3.63) is 0 Å². The van der Waals surface area contributed by atoms with Crippen molar-refractivity contribution in [2.75, 3.05) is 33.4 Å². The molecule has 0 bridgehead atoms. The summed E-state index contributed by atoms with van der Waals surface area (Å²) in [7, 11) is 2.00. The van der Waals surface area contributed by atoms with Gasteiger partial charge in [0.2, 0.25) is 5.91 Å². The Hall–Kier alpha value is -1.63. The third kappa shape index (κ3) is 30.6. The maximum atomic E-state index is 12.9. The van der Waals surface area contributed by atoms with Crippen molar-refractivity contribution in [1.29, 1.82) is 0 Å². The Bertz CT molecular complexity index is 875. The molecule has 1 N–H and O–H groups in total. The second-order valence-electron chi connectivity index (χ2n) is 18.7. The van der Waals surface area contributed by atoms with E-state index in [9.17, 15) is 14.4 Å². The Kier molecular flexibility index (Phi) is 31.5. The van der Waals surface area contributed by atoms with Gasteiger partial charge >= 0.3 is 11.9 Å². The standard InChI is InChI=1S/C47H92N2O5/c1-12-49(11)35-44(50)48-47(10,33-25-21-17-13-15-19-23-27-45(51)53-36-42(40(6)7)31-29-38(2)3)34-26-22-18-14-16-20-24-28-46(52)54-37-43(41(8)9)32-30-39(4)5/h38-43H,12-37H2,1-11H3,(H,48,50). The van der Waals surface area contributed by atoms with E-state index in [0.29, 0.717) is 68.1 Å². The minimum Gasteiger partial charge on any atom is -0.465 e. The number of unbranched alkanes of at least 4 members (excludes halogenated alkanes) is 12. The number of nitrogens with zero attached hydrogens (tertiary/aromatic N) is 1. The lowest BCUT2D eigenvalue weighted by molar-refractivity contribution is -0.146. The first kappa shape index (κ1) is 52.4. The fourth-order valence-corrected chi connectivity index (χ4v) is 7.18. The molecule has 2 unspecified atom stereocenters. The Morgan fingerprint density at radius 3 is 1.24 bits per heavy atom. The van der Waals surface area contributed by atoms with E-state index in [1.54, 1.807) is 0 Å². The van der Waals surface area contributed by atoms with Crippen molar-refractivity contribution < 1.29 is 23.9 Å². The van der Waals surface area contributed by atoms with Gasteiger partial charge in [0.15, 0.2) is 0 Å². The highest BCUT2D eigenvalue weighted by Gasteiger charge is 2.26. The average Bonchev–Trinajstić information content (AvgIpc) is 3.09. The predicted octanol–water partition coefficient (Wildman–Crippen LogP) is 12.3. The van der Waals surface area contributed by atoms with Gasteiger partial charge in [0.25, 0.3) is 0 Å². The molecule has 0 heterocycles. The Morgan fingerprint density at radius 1 is 0.556 bits per heavy atom. The number of esters is 2. The van der Waals surface area contributed by atoms with Crippen LogP contribution in [0.1, 0.15) is 210 Å². The quantitative estimate of drug-likeness (QED) is 0.0505. The van der Waals surface area contributed by atoms with Crippen LogP contribution in [0.15, 0.2) is 0 Å². The van der Waals surface area contributed by atoms with Gasteiger partial charge in [0.1, 0.15) is 0 Å². The normalized spacial score (nSPS) is 14.2. The maximum absolute atomic E-state index is 12.9. The summed E-state index contributed by atoms with van der Waals surface area (Å²) in [5, 5.41) is 3.42. The van der Waals surface area contributed by atoms with Gasteiger partial charge < -0.3 is 14.8 Å². The monoisotopic (exact) mass is 765 g/mol. The number of carbonyl (C=O) groups is 3. The van der Waals surface area contributed by atoms with Gasteiger partial charge in [-0.15, -0.1) is 0 Å². The van der Waals surface area contributed by atoms with E-state index < -0.39 is 0 Å². The number of carbonyl (C=O) groups excluding carboxylic acids is 3. The third-order valence-corrected chi connectivity index (χ3v) is 11.6. The molecule has 7 heteroatoms. The van der Waals surface area contributed by atoms with Crippen molar-refractivity contribution in [1.82, 2.24) is 10.2 Å². The molecule has 0 spiro atoms. The number of likely N-dealkylation sites (N-methyl/N-ethyl adjacent to an activating group) is 1. The van der Waals surface area contributed by atoms with E-state index in [0.717, 1.165) is 83.6 Å². The summed E-state index contributed by atoms with van der Waals surface area (Å²) >= 11 is 0. The van der Waals surface area contributed by atoms with E-state index in [-0.39, 0.29) is 23.4 Å². The number of rotatable bonds is 36. The van der Waals surface area contributed by atoms with Crippen molar-refractivity contribution in [3.8, 4) is 0 Å². The molecule has 0 aliphatic carbocycles. The van der Waals surface area contributed by atoms with Gasteiger partial charge in [0, 0.05) is 18.4 Å². The maximum Gasteiger partial charge on any atom is 0.305 e. The molecule has 7 nitrogen and oxygen atoms in total. The summed E-state index contributed by atoms with van der Waals surface area (Å²) < 4.78 is 11.3. The van der Waals surface area contributed by atoms with Crippen LogP contribution < -0.4 is 5.32 Å². The number of hydrogen-bond acceptors (Lipinski definition) is 6. The number of hydrogen-bond donors (Lipinski definition) is 1. The molecule has 54 heavy (non-hydrogen) atoms. The number of amides is 1. The molecule has 0 saturated carbocycles. The smallest absolute Gasteiger partial charge is 0.305 e. The van der Waals surface area contributed by atoms with E-state index in [1.165, 1.54) is 51.4 Å². The highest BCUT2D eigenvalue weighted by atomic mass is 16.5. The summed E-state index contributed by atoms with van der Waals surface area (Å²) in [6.07, 6.45) is 23.5. The molecule has 0 saturated heterocycles. The molecular weight excluding hydrogens is 673 g/mol. The van der Waals surface area contributed by atoms with E-state index in [4.69, 9.17) is 9.47 Å². The van der Waals surface area contributed by atoms with E-state index >= 15 is 0 Å². The molecule has 0 rings (SSSR count). The topological polar surface area (TPSA) is 84.9 Å². The molecule has 320 valence electrons. The summed E-state index contributed by atoms with van der Waals surface area (Å²) in [5.74, 6) is 3.44. The Morgan fingerprint density at radius 2 is 0.907 bits per heavy atom. The van der Waals surface area contributed by atoms with Crippen LogP contribution in [0.2, 0.25) is 0 Å². The van der Waals surface area contributed by atoms with Gasteiger partial charge in [-0.2, -0.15) is 0 Å². The molecule has 1 amide bonds. The van der Waals surface area contributed by atoms with Crippen LogP contribution in [0.4, 0.5) is 0 Å². The zero-order valence-electron chi connectivity index (χ0n) is 37.8. The molecular formula is C47H92N2O5. The van der Waals surface area contributed by atoms with Gasteiger partial charge in [0.05, 0.1) is 19.8 Å². The van der Waals surface area contributed by atoms with Crippen LogP contribution in [0.3, 0.4) is 0 Å². The molecule has 0 aliphatic rings. The largest absolute Gasteiger partial charge is 0.465 e. The molecule has 0 radical (unpaired) electrons. The van der Waals surface area contributed by atoms with Crippen molar-refractivity contribution >= 4 is 17.8 Å². The van der Waals surface area contributed by atoms with Crippen LogP contribution in [0.5, 0.6) is 0 Å². The van der Waals surface area contributed by atoms with Gasteiger partial charge in [-0.3, -0.25) is 19.3 Å². The molecule has 0 aromatic heterocycles.